The molecule has 0 aliphatic carbocycles. The van der Waals surface area contributed by atoms with Crippen LogP contribution in [0.15, 0.2) is 12.3 Å². The molecule has 0 radical (unpaired) electrons. The maximum absolute atomic E-state index is 11.9. The Morgan fingerprint density at radius 2 is 2.05 bits per heavy atom. The maximum atomic E-state index is 11.9. The molecule has 0 bridgehead atoms. The normalized spacial score (nSPS) is 16.4. The molecule has 1 aliphatic rings. The quantitative estimate of drug-likeness (QED) is 0.802. The highest BCUT2D eigenvalue weighted by molar-refractivity contribution is 6.02. The third-order valence-corrected chi connectivity index (χ3v) is 3.66. The smallest absolute Gasteiger partial charge is 0.229 e. The highest BCUT2D eigenvalue weighted by Crippen LogP contribution is 2.17. The van der Waals surface area contributed by atoms with Crippen molar-refractivity contribution >= 4 is 23.5 Å². The first-order chi connectivity index (χ1) is 10.0. The number of nitrogens with one attached hydrogen (secondary N) is 1. The van der Waals surface area contributed by atoms with Crippen LogP contribution in [0.3, 0.4) is 0 Å². The summed E-state index contributed by atoms with van der Waals surface area (Å²) in [5.41, 5.74) is 0. The minimum absolute atomic E-state index is 0.100. The van der Waals surface area contributed by atoms with E-state index in [9.17, 15) is 14.4 Å². The molecule has 0 saturated carbocycles. The summed E-state index contributed by atoms with van der Waals surface area (Å²) in [4.78, 5) is 36.0. The van der Waals surface area contributed by atoms with Gasteiger partial charge in [0.25, 0.3) is 0 Å². The number of likely N-dealkylation sites (tertiary alicyclic amines) is 1. The molecule has 0 aromatic carbocycles. The number of imide groups is 1. The van der Waals surface area contributed by atoms with E-state index >= 15 is 0 Å². The fourth-order valence-corrected chi connectivity index (χ4v) is 2.23. The van der Waals surface area contributed by atoms with Gasteiger partial charge in [0.15, 0.2) is 0 Å². The van der Waals surface area contributed by atoms with Crippen molar-refractivity contribution in [2.45, 2.75) is 45.6 Å². The number of rotatable bonds is 6. The largest absolute Gasteiger partial charge is 0.311 e. The van der Waals surface area contributed by atoms with Gasteiger partial charge in [-0.1, -0.05) is 6.92 Å². The molecule has 2 rings (SSSR count). The van der Waals surface area contributed by atoms with Gasteiger partial charge in [0.05, 0.1) is 12.2 Å². The Kier molecular flexibility index (Phi) is 4.72. The number of nitrogens with zero attached hydrogens (tertiary/aromatic N) is 3. The van der Waals surface area contributed by atoms with Crippen molar-refractivity contribution in [1.29, 1.82) is 0 Å². The van der Waals surface area contributed by atoms with Crippen LogP contribution in [-0.2, 0) is 14.4 Å². The van der Waals surface area contributed by atoms with Crippen molar-refractivity contribution < 1.29 is 14.4 Å². The van der Waals surface area contributed by atoms with Crippen LogP contribution in [0.4, 0.5) is 5.82 Å². The number of aromatic nitrogens is 2. The van der Waals surface area contributed by atoms with Crippen LogP contribution < -0.4 is 5.32 Å². The topological polar surface area (TPSA) is 84.3 Å². The summed E-state index contributed by atoms with van der Waals surface area (Å²) < 4.78 is 1.75. The van der Waals surface area contributed by atoms with Gasteiger partial charge in [-0.3, -0.25) is 19.3 Å². The Morgan fingerprint density at radius 3 is 2.67 bits per heavy atom. The number of hydrogen-bond acceptors (Lipinski definition) is 4. The molecule has 1 aromatic heterocycles. The first-order valence-corrected chi connectivity index (χ1v) is 7.19. The van der Waals surface area contributed by atoms with Gasteiger partial charge >= 0.3 is 0 Å². The van der Waals surface area contributed by atoms with E-state index < -0.39 is 0 Å². The van der Waals surface area contributed by atoms with E-state index in [0.29, 0.717) is 5.82 Å². The Hall–Kier alpha value is -2.18. The molecule has 0 spiro atoms. The maximum Gasteiger partial charge on any atom is 0.229 e. The minimum atomic E-state index is -0.229. The highest BCUT2D eigenvalue weighted by Gasteiger charge is 2.28. The van der Waals surface area contributed by atoms with Crippen molar-refractivity contribution in [2.75, 3.05) is 11.9 Å². The number of carbonyl (C=O) groups is 3. The predicted octanol–water partition coefficient (Wildman–Crippen LogP) is 1.33. The Labute approximate surface area is 123 Å². The van der Waals surface area contributed by atoms with Crippen LogP contribution in [0.5, 0.6) is 0 Å². The lowest BCUT2D eigenvalue weighted by Crippen LogP contribution is -2.32. The molecular formula is C14H20N4O3. The zero-order chi connectivity index (χ0) is 15.4. The van der Waals surface area contributed by atoms with Gasteiger partial charge in [0.2, 0.25) is 17.7 Å². The summed E-state index contributed by atoms with van der Waals surface area (Å²) in [5.74, 6) is 0.0101. The molecule has 114 valence electrons. The second-order valence-corrected chi connectivity index (χ2v) is 5.16. The van der Waals surface area contributed by atoms with Gasteiger partial charge in [0.1, 0.15) is 5.82 Å². The second-order valence-electron chi connectivity index (χ2n) is 5.16. The van der Waals surface area contributed by atoms with E-state index in [0.717, 1.165) is 11.3 Å². The third kappa shape index (κ3) is 3.48. The molecule has 7 heteroatoms. The van der Waals surface area contributed by atoms with E-state index in [1.165, 1.54) is 0 Å². The molecule has 1 aromatic rings. The molecule has 3 amide bonds. The van der Waals surface area contributed by atoms with Crippen LogP contribution in [-0.4, -0.2) is 38.9 Å². The standard InChI is InChI=1S/C14H20N4O3/c1-3-10(2)18-11(6-8-15-18)16-12(19)7-9-17-13(20)4-5-14(17)21/h6,8,10H,3-5,7,9H2,1-2H3,(H,16,19). The van der Waals surface area contributed by atoms with Gasteiger partial charge in [0, 0.05) is 31.9 Å². The van der Waals surface area contributed by atoms with Crippen molar-refractivity contribution in [3.8, 4) is 0 Å². The lowest BCUT2D eigenvalue weighted by atomic mass is 10.3. The van der Waals surface area contributed by atoms with Gasteiger partial charge in [-0.2, -0.15) is 5.10 Å². The van der Waals surface area contributed by atoms with Crippen LogP contribution in [0.1, 0.15) is 45.6 Å². The number of amides is 3. The highest BCUT2D eigenvalue weighted by atomic mass is 16.2. The Balaban J connectivity index is 1.89. The lowest BCUT2D eigenvalue weighted by Gasteiger charge is -2.15. The molecular weight excluding hydrogens is 272 g/mol. The van der Waals surface area contributed by atoms with Gasteiger partial charge in [-0.15, -0.1) is 0 Å². The average molecular weight is 292 g/mol. The van der Waals surface area contributed by atoms with Gasteiger partial charge in [-0.25, -0.2) is 4.68 Å². The first-order valence-electron chi connectivity index (χ1n) is 7.19. The molecule has 2 heterocycles. The fraction of sp³-hybridized carbons (Fsp3) is 0.571. The second kappa shape index (κ2) is 6.51. The van der Waals surface area contributed by atoms with Crippen LogP contribution in [0.2, 0.25) is 0 Å². The van der Waals surface area contributed by atoms with E-state index in [4.69, 9.17) is 0 Å². The van der Waals surface area contributed by atoms with Crippen molar-refractivity contribution in [3.63, 3.8) is 0 Å². The van der Waals surface area contributed by atoms with Crippen LogP contribution >= 0.6 is 0 Å². The van der Waals surface area contributed by atoms with E-state index in [1.54, 1.807) is 16.9 Å². The van der Waals surface area contributed by atoms with Gasteiger partial charge in [-0.05, 0) is 13.3 Å². The lowest BCUT2D eigenvalue weighted by molar-refractivity contribution is -0.138. The Bertz CT molecular complexity index is 536. The van der Waals surface area contributed by atoms with Crippen molar-refractivity contribution in [3.05, 3.63) is 12.3 Å². The molecule has 1 saturated heterocycles. The summed E-state index contributed by atoms with van der Waals surface area (Å²) in [6.07, 6.45) is 3.14. The summed E-state index contributed by atoms with van der Waals surface area (Å²) in [6, 6.07) is 1.92. The molecule has 1 aliphatic heterocycles. The fourth-order valence-electron chi connectivity index (χ4n) is 2.23. The third-order valence-electron chi connectivity index (χ3n) is 3.66. The molecule has 1 unspecified atom stereocenters. The van der Waals surface area contributed by atoms with E-state index in [2.05, 4.69) is 10.4 Å². The SMILES string of the molecule is CCC(C)n1nccc1NC(=O)CCN1C(=O)CCC1=O. The van der Waals surface area contributed by atoms with Crippen LogP contribution in [0.25, 0.3) is 0 Å². The first kappa shape index (κ1) is 15.2. The minimum Gasteiger partial charge on any atom is -0.311 e. The summed E-state index contributed by atoms with van der Waals surface area (Å²) >= 11 is 0. The van der Waals surface area contributed by atoms with Crippen LogP contribution in [0, 0.1) is 0 Å². The Morgan fingerprint density at radius 1 is 1.38 bits per heavy atom. The molecule has 1 atom stereocenters. The molecule has 1 N–H and O–H groups in total. The van der Waals surface area contributed by atoms with E-state index in [1.807, 2.05) is 13.8 Å². The summed E-state index contributed by atoms with van der Waals surface area (Å²) in [6.45, 7) is 4.20. The zero-order valence-electron chi connectivity index (χ0n) is 12.3. The molecule has 21 heavy (non-hydrogen) atoms. The molecule has 7 nitrogen and oxygen atoms in total. The number of hydrogen-bond donors (Lipinski definition) is 1. The number of carbonyl (C=O) groups excluding carboxylic acids is 3. The molecule has 1 fully saturated rings. The van der Waals surface area contributed by atoms with E-state index in [-0.39, 0.29) is 49.6 Å². The summed E-state index contributed by atoms with van der Waals surface area (Å²) in [7, 11) is 0. The van der Waals surface area contributed by atoms with Crippen molar-refractivity contribution in [1.82, 2.24) is 14.7 Å². The number of anilines is 1. The van der Waals surface area contributed by atoms with Crippen molar-refractivity contribution in [2.24, 2.45) is 0 Å². The predicted molar refractivity (Wildman–Crippen MR) is 76.4 cm³/mol. The summed E-state index contributed by atoms with van der Waals surface area (Å²) in [5, 5.41) is 6.96. The monoisotopic (exact) mass is 292 g/mol. The average Bonchev–Trinajstić information content (AvgIpc) is 3.04. The zero-order valence-corrected chi connectivity index (χ0v) is 12.3. The van der Waals surface area contributed by atoms with Gasteiger partial charge < -0.3 is 5.32 Å².